The lowest BCUT2D eigenvalue weighted by atomic mass is 10.1. The number of anilines is 1. The Balaban J connectivity index is 1.50. The Labute approximate surface area is 201 Å². The van der Waals surface area contributed by atoms with Gasteiger partial charge in [-0.25, -0.2) is 18.4 Å². The Kier molecular flexibility index (Phi) is 6.56. The summed E-state index contributed by atoms with van der Waals surface area (Å²) in [5.41, 5.74) is 2.56. The molecule has 0 bridgehead atoms. The minimum Gasteiger partial charge on any atom is -0.372 e. The van der Waals surface area contributed by atoms with Crippen LogP contribution in [0.25, 0.3) is 5.70 Å². The number of likely N-dealkylation sites (tertiary alicyclic amines) is 1. The van der Waals surface area contributed by atoms with Gasteiger partial charge in [0, 0.05) is 62.1 Å². The summed E-state index contributed by atoms with van der Waals surface area (Å²) >= 11 is 0. The lowest BCUT2D eigenvalue weighted by Crippen LogP contribution is -2.42. The summed E-state index contributed by atoms with van der Waals surface area (Å²) in [5.74, 6) is 3.18. The molecular weight excluding hydrogens is 448 g/mol. The molecule has 1 fully saturated rings. The normalized spacial score (nSPS) is 18.6. The third-order valence-corrected chi connectivity index (χ3v) is 8.14. The predicted molar refractivity (Wildman–Crippen MR) is 134 cm³/mol. The first-order chi connectivity index (χ1) is 16.1. The number of nitrogens with one attached hydrogen (secondary N) is 2. The van der Waals surface area contributed by atoms with Crippen molar-refractivity contribution < 1.29 is 8.42 Å². The van der Waals surface area contributed by atoms with Crippen LogP contribution < -0.4 is 20.3 Å². The maximum atomic E-state index is 12.6. The van der Waals surface area contributed by atoms with Crippen molar-refractivity contribution in [3.63, 3.8) is 0 Å². The minimum atomic E-state index is -3.75. The van der Waals surface area contributed by atoms with Gasteiger partial charge in [-0.2, -0.15) is 4.72 Å². The molecule has 2 aromatic heterocycles. The van der Waals surface area contributed by atoms with Gasteiger partial charge in [0.05, 0.1) is 5.54 Å². The van der Waals surface area contributed by atoms with E-state index in [4.69, 9.17) is 6.42 Å². The van der Waals surface area contributed by atoms with Crippen molar-refractivity contribution in [2.24, 2.45) is 4.99 Å². The van der Waals surface area contributed by atoms with Gasteiger partial charge in [0.2, 0.25) is 10.0 Å². The predicted octanol–water partition coefficient (Wildman–Crippen LogP) is 1.74. The van der Waals surface area contributed by atoms with Gasteiger partial charge >= 0.3 is 0 Å². The fraction of sp³-hybridized carbons (Fsp3) is 0.440. The molecule has 1 atom stereocenters. The molecule has 180 valence electrons. The number of pyridine rings is 1. The van der Waals surface area contributed by atoms with Crippen molar-refractivity contribution >= 4 is 21.5 Å². The standard InChI is InChI=1S/C25H32N6O2S/c1-6-18-14-22(21-10-12-26-24(21)28-15-18)31-13-11-19(17-31)30(5)23-9-8-20(16-27-23)34(32,33)29-25(3,4)7-2/h2,8-10,12,15-16,19,29H,6,11,13-14,17H2,1,3-5H3,(H,26,28). The fourth-order valence-corrected chi connectivity index (χ4v) is 5.65. The fourth-order valence-electron chi connectivity index (χ4n) is 4.37. The van der Waals surface area contributed by atoms with E-state index >= 15 is 0 Å². The zero-order valence-electron chi connectivity index (χ0n) is 20.2. The van der Waals surface area contributed by atoms with Crippen molar-refractivity contribution in [3.8, 4) is 12.3 Å². The summed E-state index contributed by atoms with van der Waals surface area (Å²) in [5, 5.41) is 1.16. The summed E-state index contributed by atoms with van der Waals surface area (Å²) < 4.78 is 27.8. The SMILES string of the molecule is C#CC(C)(C)NS(=O)(=O)c1ccc(N(C)C2CCN(C3=c4cc[nH]c4=NC=C(CC)C3)C2)nc1. The third kappa shape index (κ3) is 4.88. The second kappa shape index (κ2) is 9.28. The zero-order valence-corrected chi connectivity index (χ0v) is 21.0. The second-order valence-electron chi connectivity index (χ2n) is 9.36. The van der Waals surface area contributed by atoms with Crippen LogP contribution >= 0.6 is 0 Å². The van der Waals surface area contributed by atoms with E-state index in [1.165, 1.54) is 17.5 Å². The van der Waals surface area contributed by atoms with Crippen LogP contribution in [0.1, 0.15) is 40.0 Å². The Morgan fingerprint density at radius 3 is 2.82 bits per heavy atom. The van der Waals surface area contributed by atoms with E-state index in [0.717, 1.165) is 48.9 Å². The summed E-state index contributed by atoms with van der Waals surface area (Å²) in [6.45, 7) is 7.26. The first-order valence-electron chi connectivity index (χ1n) is 11.5. The van der Waals surface area contributed by atoms with Crippen LogP contribution in [0.4, 0.5) is 5.82 Å². The monoisotopic (exact) mass is 480 g/mol. The number of sulfonamides is 1. The van der Waals surface area contributed by atoms with E-state index in [0.29, 0.717) is 0 Å². The van der Waals surface area contributed by atoms with Crippen LogP contribution in [0.2, 0.25) is 0 Å². The molecule has 4 rings (SSSR count). The summed E-state index contributed by atoms with van der Waals surface area (Å²) in [6.07, 6.45) is 13.6. The number of likely N-dealkylation sites (N-methyl/N-ethyl adjacent to an activating group) is 1. The molecule has 1 unspecified atom stereocenters. The summed E-state index contributed by atoms with van der Waals surface area (Å²) in [6, 6.07) is 5.69. The highest BCUT2D eigenvalue weighted by atomic mass is 32.2. The average Bonchev–Trinajstić information content (AvgIpc) is 3.45. The van der Waals surface area contributed by atoms with Crippen LogP contribution in [0.3, 0.4) is 0 Å². The number of fused-ring (bicyclic) bond motifs is 1. The molecule has 0 radical (unpaired) electrons. The molecule has 9 heteroatoms. The smallest absolute Gasteiger partial charge is 0.243 e. The van der Waals surface area contributed by atoms with E-state index in [-0.39, 0.29) is 10.9 Å². The Morgan fingerprint density at radius 1 is 1.35 bits per heavy atom. The molecule has 0 spiro atoms. The maximum absolute atomic E-state index is 12.6. The van der Waals surface area contributed by atoms with Gasteiger partial charge in [-0.1, -0.05) is 12.8 Å². The highest BCUT2D eigenvalue weighted by Gasteiger charge is 2.29. The van der Waals surface area contributed by atoms with Crippen molar-refractivity contribution in [2.45, 2.75) is 56.5 Å². The van der Waals surface area contributed by atoms with Gasteiger partial charge in [0.15, 0.2) is 0 Å². The molecule has 2 aliphatic heterocycles. The molecule has 2 N–H and O–H groups in total. The van der Waals surface area contributed by atoms with E-state index in [1.807, 2.05) is 19.4 Å². The number of aromatic amines is 1. The largest absolute Gasteiger partial charge is 0.372 e. The van der Waals surface area contributed by atoms with E-state index in [1.54, 1.807) is 26.0 Å². The summed E-state index contributed by atoms with van der Waals surface area (Å²) in [7, 11) is -1.74. The van der Waals surface area contributed by atoms with Gasteiger partial charge in [0.1, 0.15) is 16.2 Å². The molecule has 0 saturated carbocycles. The highest BCUT2D eigenvalue weighted by molar-refractivity contribution is 7.89. The molecule has 2 aromatic rings. The third-order valence-electron chi connectivity index (χ3n) is 6.50. The summed E-state index contributed by atoms with van der Waals surface area (Å²) in [4.78, 5) is 17.0. The van der Waals surface area contributed by atoms with Gasteiger partial charge < -0.3 is 14.8 Å². The lowest BCUT2D eigenvalue weighted by Gasteiger charge is -2.27. The van der Waals surface area contributed by atoms with Crippen LogP contribution in [0.15, 0.2) is 52.3 Å². The van der Waals surface area contributed by atoms with Crippen LogP contribution in [0, 0.1) is 12.3 Å². The zero-order chi connectivity index (χ0) is 24.5. The molecule has 8 nitrogen and oxygen atoms in total. The number of terminal acetylenes is 1. The topological polar surface area (TPSA) is 93.7 Å². The average molecular weight is 481 g/mol. The Hall–Kier alpha value is -3.09. The number of hydrogen-bond acceptors (Lipinski definition) is 6. The lowest BCUT2D eigenvalue weighted by molar-refractivity contribution is 0.464. The van der Waals surface area contributed by atoms with Crippen LogP contribution in [-0.2, 0) is 10.0 Å². The van der Waals surface area contributed by atoms with Crippen molar-refractivity contribution in [2.75, 3.05) is 25.0 Å². The molecule has 4 heterocycles. The van der Waals surface area contributed by atoms with Gasteiger partial charge in [-0.05, 0) is 50.5 Å². The second-order valence-corrected chi connectivity index (χ2v) is 11.0. The van der Waals surface area contributed by atoms with Crippen molar-refractivity contribution in [1.82, 2.24) is 19.6 Å². The first kappa shape index (κ1) is 24.0. The van der Waals surface area contributed by atoms with E-state index in [9.17, 15) is 8.42 Å². The molecule has 0 aliphatic carbocycles. The molecule has 2 aliphatic rings. The number of aromatic nitrogens is 2. The molecule has 0 amide bonds. The highest BCUT2D eigenvalue weighted by Crippen LogP contribution is 2.27. The van der Waals surface area contributed by atoms with E-state index in [2.05, 4.69) is 48.4 Å². The van der Waals surface area contributed by atoms with Gasteiger partial charge in [-0.3, -0.25) is 0 Å². The Morgan fingerprint density at radius 2 is 2.15 bits per heavy atom. The minimum absolute atomic E-state index is 0.0951. The van der Waals surface area contributed by atoms with Gasteiger partial charge in [-0.15, -0.1) is 6.42 Å². The number of hydrogen-bond donors (Lipinski definition) is 2. The van der Waals surface area contributed by atoms with Crippen LogP contribution in [-0.4, -0.2) is 55.0 Å². The van der Waals surface area contributed by atoms with E-state index < -0.39 is 15.6 Å². The Bertz CT molecular complexity index is 1350. The number of nitrogens with zero attached hydrogens (tertiary/aromatic N) is 4. The molecule has 34 heavy (non-hydrogen) atoms. The quantitative estimate of drug-likeness (QED) is 0.589. The molecule has 0 aromatic carbocycles. The number of H-pyrrole nitrogens is 1. The maximum Gasteiger partial charge on any atom is 0.243 e. The van der Waals surface area contributed by atoms with Crippen molar-refractivity contribution in [1.29, 1.82) is 0 Å². The first-order valence-corrected chi connectivity index (χ1v) is 13.0. The number of rotatable bonds is 7. The molecular formula is C25H32N6O2S. The van der Waals surface area contributed by atoms with Crippen molar-refractivity contribution in [3.05, 3.63) is 53.1 Å². The molecule has 1 saturated heterocycles. The van der Waals surface area contributed by atoms with Gasteiger partial charge in [0.25, 0.3) is 0 Å². The van der Waals surface area contributed by atoms with Crippen LogP contribution in [0.5, 0.6) is 0 Å².